The molecule has 0 aliphatic heterocycles. The second kappa shape index (κ2) is 5.65. The fraction of sp³-hybridized carbons (Fsp3) is 0.154. The van der Waals surface area contributed by atoms with Crippen molar-refractivity contribution in [1.82, 2.24) is 9.97 Å². The van der Waals surface area contributed by atoms with Gasteiger partial charge in [-0.2, -0.15) is 13.2 Å². The van der Waals surface area contributed by atoms with Crippen LogP contribution in [0.4, 0.5) is 24.7 Å². The maximum absolute atomic E-state index is 12.7. The topological polar surface area (TPSA) is 63.8 Å². The van der Waals surface area contributed by atoms with Crippen molar-refractivity contribution in [3.05, 3.63) is 47.4 Å². The van der Waals surface area contributed by atoms with Gasteiger partial charge in [-0.25, -0.2) is 4.98 Å². The molecule has 2 aromatic rings. The van der Waals surface area contributed by atoms with Gasteiger partial charge < -0.3 is 11.1 Å². The zero-order chi connectivity index (χ0) is 15.6. The fourth-order valence-electron chi connectivity index (χ4n) is 1.67. The Kier molecular flexibility index (Phi) is 4.08. The molecule has 0 fully saturated rings. The van der Waals surface area contributed by atoms with Gasteiger partial charge in [0, 0.05) is 6.20 Å². The smallest absolute Gasteiger partial charge is 0.389 e. The molecule has 0 spiro atoms. The summed E-state index contributed by atoms with van der Waals surface area (Å²) < 4.78 is 38.2. The highest BCUT2D eigenvalue weighted by Gasteiger charge is 2.33. The summed E-state index contributed by atoms with van der Waals surface area (Å²) in [5, 5.41) is 2.77. The Morgan fingerprint density at radius 3 is 2.57 bits per heavy atom. The first-order valence-electron chi connectivity index (χ1n) is 5.84. The predicted molar refractivity (Wildman–Crippen MR) is 77.4 cm³/mol. The average molecular weight is 312 g/mol. The second-order valence-electron chi connectivity index (χ2n) is 4.33. The molecule has 0 saturated heterocycles. The summed E-state index contributed by atoms with van der Waals surface area (Å²) in [6.45, 7) is 1.81. The van der Waals surface area contributed by atoms with E-state index in [1.54, 1.807) is 12.3 Å². The Morgan fingerprint density at radius 2 is 2.00 bits per heavy atom. The zero-order valence-corrected chi connectivity index (χ0v) is 11.7. The van der Waals surface area contributed by atoms with Gasteiger partial charge in [-0.05, 0) is 30.7 Å². The maximum atomic E-state index is 12.7. The van der Waals surface area contributed by atoms with Crippen LogP contribution in [0.3, 0.4) is 0 Å². The van der Waals surface area contributed by atoms with Gasteiger partial charge in [-0.3, -0.25) is 4.98 Å². The van der Waals surface area contributed by atoms with E-state index >= 15 is 0 Å². The summed E-state index contributed by atoms with van der Waals surface area (Å²) in [7, 11) is 0. The Morgan fingerprint density at radius 1 is 1.29 bits per heavy atom. The molecular formula is C13H11F3N4S. The normalized spacial score (nSPS) is 11.2. The summed E-state index contributed by atoms with van der Waals surface area (Å²) >= 11 is 4.83. The van der Waals surface area contributed by atoms with Crippen LogP contribution in [0.1, 0.15) is 16.8 Å². The second-order valence-corrected chi connectivity index (χ2v) is 4.77. The summed E-state index contributed by atoms with van der Waals surface area (Å²) in [5.41, 5.74) is 6.08. The molecule has 0 aliphatic rings. The molecule has 21 heavy (non-hydrogen) atoms. The molecule has 2 aromatic heterocycles. The van der Waals surface area contributed by atoms with Crippen LogP contribution in [0.2, 0.25) is 0 Å². The van der Waals surface area contributed by atoms with Gasteiger partial charge in [0.05, 0.1) is 17.4 Å². The van der Waals surface area contributed by atoms with E-state index in [1.165, 1.54) is 12.3 Å². The minimum absolute atomic E-state index is 0.0423. The third-order valence-electron chi connectivity index (χ3n) is 2.59. The Balaban J connectivity index is 2.46. The molecule has 4 nitrogen and oxygen atoms in total. The van der Waals surface area contributed by atoms with Crippen LogP contribution in [0, 0.1) is 6.92 Å². The van der Waals surface area contributed by atoms with Gasteiger partial charge in [0.25, 0.3) is 0 Å². The van der Waals surface area contributed by atoms with Crippen molar-refractivity contribution < 1.29 is 13.2 Å². The van der Waals surface area contributed by atoms with E-state index in [0.717, 1.165) is 11.6 Å². The van der Waals surface area contributed by atoms with Gasteiger partial charge >= 0.3 is 6.18 Å². The van der Waals surface area contributed by atoms with Crippen LogP contribution in [0.25, 0.3) is 0 Å². The van der Waals surface area contributed by atoms with E-state index < -0.39 is 11.9 Å². The summed E-state index contributed by atoms with van der Waals surface area (Å²) in [4.78, 5) is 7.47. The Bertz CT molecular complexity index is 685. The predicted octanol–water partition coefficient (Wildman–Crippen LogP) is 3.18. The number of pyridine rings is 2. The molecule has 0 atom stereocenters. The van der Waals surface area contributed by atoms with Gasteiger partial charge in [-0.1, -0.05) is 12.2 Å². The van der Waals surface area contributed by atoms with E-state index in [4.69, 9.17) is 18.0 Å². The quantitative estimate of drug-likeness (QED) is 0.852. The number of thiocarbonyl (C=S) groups is 1. The number of nitrogens with one attached hydrogen (secondary N) is 1. The van der Waals surface area contributed by atoms with Crippen molar-refractivity contribution >= 4 is 28.7 Å². The number of anilines is 2. The molecule has 0 amide bonds. The first-order valence-corrected chi connectivity index (χ1v) is 6.25. The third kappa shape index (κ3) is 3.66. The van der Waals surface area contributed by atoms with Crippen LogP contribution < -0.4 is 11.1 Å². The van der Waals surface area contributed by atoms with Crippen LogP contribution in [0.5, 0.6) is 0 Å². The first kappa shape index (κ1) is 15.2. The Hall–Kier alpha value is -2.22. The first-order chi connectivity index (χ1) is 9.77. The molecular weight excluding hydrogens is 301 g/mol. The molecule has 0 aliphatic carbocycles. The highest BCUT2D eigenvalue weighted by atomic mass is 32.1. The molecule has 0 aromatic carbocycles. The lowest BCUT2D eigenvalue weighted by Crippen LogP contribution is -2.16. The van der Waals surface area contributed by atoms with E-state index in [2.05, 4.69) is 15.3 Å². The van der Waals surface area contributed by atoms with E-state index in [1.807, 2.05) is 6.92 Å². The van der Waals surface area contributed by atoms with E-state index in [9.17, 15) is 13.2 Å². The summed E-state index contributed by atoms with van der Waals surface area (Å²) in [6, 6.07) is 3.76. The number of nitrogens with two attached hydrogens (primary N) is 1. The van der Waals surface area contributed by atoms with E-state index in [-0.39, 0.29) is 16.4 Å². The Labute approximate surface area is 124 Å². The molecule has 2 rings (SSSR count). The number of rotatable bonds is 3. The standard InChI is InChI=1S/C13H11F3N4S/c1-7-4-8(6-18-5-7)19-12-9(11(17)21)2-3-10(20-12)13(14,15)16/h2-6H,1H3,(H2,17,21)(H,19,20). The highest BCUT2D eigenvalue weighted by molar-refractivity contribution is 7.80. The number of aryl methyl sites for hydroxylation is 1. The number of aromatic nitrogens is 2. The summed E-state index contributed by atoms with van der Waals surface area (Å²) in [6.07, 6.45) is -1.45. The van der Waals surface area contributed by atoms with Crippen molar-refractivity contribution in [2.75, 3.05) is 5.32 Å². The zero-order valence-electron chi connectivity index (χ0n) is 10.9. The minimum Gasteiger partial charge on any atom is -0.389 e. The van der Waals surface area contributed by atoms with E-state index in [0.29, 0.717) is 5.69 Å². The minimum atomic E-state index is -4.55. The van der Waals surface area contributed by atoms with Crippen LogP contribution in [0.15, 0.2) is 30.6 Å². The molecule has 110 valence electrons. The van der Waals surface area contributed by atoms with Gasteiger partial charge in [0.15, 0.2) is 0 Å². The highest BCUT2D eigenvalue weighted by Crippen LogP contribution is 2.30. The van der Waals surface area contributed by atoms with Crippen molar-refractivity contribution in [3.8, 4) is 0 Å². The SMILES string of the molecule is Cc1cncc(Nc2nc(C(F)(F)F)ccc2C(N)=S)c1. The lowest BCUT2D eigenvalue weighted by atomic mass is 10.2. The molecule has 0 unspecified atom stereocenters. The maximum Gasteiger partial charge on any atom is 0.433 e. The summed E-state index contributed by atoms with van der Waals surface area (Å²) in [5.74, 6) is -0.0512. The van der Waals surface area contributed by atoms with Crippen LogP contribution >= 0.6 is 12.2 Å². The van der Waals surface area contributed by atoms with Crippen molar-refractivity contribution in [2.24, 2.45) is 5.73 Å². The van der Waals surface area contributed by atoms with Gasteiger partial charge in [0.1, 0.15) is 16.5 Å². The van der Waals surface area contributed by atoms with Crippen molar-refractivity contribution in [1.29, 1.82) is 0 Å². The van der Waals surface area contributed by atoms with Gasteiger partial charge in [0.2, 0.25) is 0 Å². The number of halogens is 3. The average Bonchev–Trinajstić information content (AvgIpc) is 2.37. The van der Waals surface area contributed by atoms with Crippen LogP contribution in [-0.2, 0) is 6.18 Å². The number of hydrogen-bond acceptors (Lipinski definition) is 4. The monoisotopic (exact) mass is 312 g/mol. The van der Waals surface area contributed by atoms with Crippen molar-refractivity contribution in [2.45, 2.75) is 13.1 Å². The number of nitrogens with zero attached hydrogens (tertiary/aromatic N) is 2. The third-order valence-corrected chi connectivity index (χ3v) is 2.81. The molecule has 0 saturated carbocycles. The molecule has 0 radical (unpaired) electrons. The lowest BCUT2D eigenvalue weighted by molar-refractivity contribution is -0.141. The molecule has 0 bridgehead atoms. The fourth-order valence-corrected chi connectivity index (χ4v) is 1.84. The lowest BCUT2D eigenvalue weighted by Gasteiger charge is -2.13. The molecule has 2 heterocycles. The number of hydrogen-bond donors (Lipinski definition) is 2. The number of alkyl halides is 3. The van der Waals surface area contributed by atoms with Crippen molar-refractivity contribution in [3.63, 3.8) is 0 Å². The largest absolute Gasteiger partial charge is 0.433 e. The molecule has 3 N–H and O–H groups in total. The molecule has 8 heteroatoms. The van der Waals surface area contributed by atoms with Gasteiger partial charge in [-0.15, -0.1) is 0 Å². The van der Waals surface area contributed by atoms with Crippen LogP contribution in [-0.4, -0.2) is 15.0 Å².